The van der Waals surface area contributed by atoms with E-state index in [-0.39, 0.29) is 17.3 Å². The van der Waals surface area contributed by atoms with Crippen molar-refractivity contribution in [2.24, 2.45) is 0 Å². The van der Waals surface area contributed by atoms with Crippen molar-refractivity contribution in [2.45, 2.75) is 50.7 Å². The highest BCUT2D eigenvalue weighted by Crippen LogP contribution is 2.40. The molecule has 0 fully saturated rings. The van der Waals surface area contributed by atoms with Crippen LogP contribution >= 0.6 is 0 Å². The number of hydrogen-bond acceptors (Lipinski definition) is 6. The Bertz CT molecular complexity index is 1250. The van der Waals surface area contributed by atoms with E-state index in [1.807, 2.05) is 0 Å². The monoisotopic (exact) mass is 524 g/mol. The van der Waals surface area contributed by atoms with Gasteiger partial charge in [0.1, 0.15) is 0 Å². The Morgan fingerprint density at radius 2 is 1.48 bits per heavy atom. The maximum atomic E-state index is 13.2. The van der Waals surface area contributed by atoms with Crippen LogP contribution in [-0.2, 0) is 26.5 Å². The van der Waals surface area contributed by atoms with E-state index >= 15 is 0 Å². The summed E-state index contributed by atoms with van der Waals surface area (Å²) in [5.74, 6) is 0. The Morgan fingerprint density at radius 1 is 1.00 bits per heavy atom. The van der Waals surface area contributed by atoms with Gasteiger partial charge in [-0.2, -0.15) is 43.2 Å². The molecule has 1 heterocycles. The molecule has 0 aliphatic rings. The van der Waals surface area contributed by atoms with Gasteiger partial charge in [-0.15, -0.1) is 3.71 Å². The smallest absolute Gasteiger partial charge is 0.336 e. The molecule has 0 aliphatic heterocycles. The summed E-state index contributed by atoms with van der Waals surface area (Å²) in [5, 5.41) is 0. The van der Waals surface area contributed by atoms with Crippen LogP contribution in [-0.4, -0.2) is 32.6 Å². The summed E-state index contributed by atoms with van der Waals surface area (Å²) in [5.41, 5.74) is -15.8. The standard InChI is InChI=1S/C17H18F6N2O6S2/c1-4-10(2)24-11(3)13(15(26)31-24)9-12-7-5-6-8-14(12)25(32(27,28)16(18,19)20)33(29,30)17(21,22)23/h5-8,10H,4,9H2,1-3H3. The lowest BCUT2D eigenvalue weighted by Gasteiger charge is -2.27. The molecule has 1 aromatic carbocycles. The van der Waals surface area contributed by atoms with Gasteiger partial charge in [-0.1, -0.05) is 25.1 Å². The molecule has 8 nitrogen and oxygen atoms in total. The number of benzene rings is 1. The van der Waals surface area contributed by atoms with Gasteiger partial charge in [0.15, 0.2) is 0 Å². The number of hydrogen-bond donors (Lipinski definition) is 0. The van der Waals surface area contributed by atoms with E-state index in [2.05, 4.69) is 0 Å². The van der Waals surface area contributed by atoms with Crippen LogP contribution in [0.4, 0.5) is 32.0 Å². The summed E-state index contributed by atoms with van der Waals surface area (Å²) in [6.07, 6.45) is -0.194. The molecule has 2 aromatic rings. The van der Waals surface area contributed by atoms with E-state index in [0.29, 0.717) is 12.5 Å². The molecular formula is C17H18F6N2O6S2. The molecule has 1 unspecified atom stereocenters. The second kappa shape index (κ2) is 8.70. The zero-order valence-corrected chi connectivity index (χ0v) is 18.9. The Hall–Kier alpha value is -2.49. The van der Waals surface area contributed by atoms with Crippen LogP contribution in [0.2, 0.25) is 0 Å². The molecule has 0 aliphatic carbocycles. The summed E-state index contributed by atoms with van der Waals surface area (Å²) in [7, 11) is -14.1. The second-order valence-electron chi connectivity index (χ2n) is 6.93. The van der Waals surface area contributed by atoms with Crippen LogP contribution < -0.4 is 9.34 Å². The van der Waals surface area contributed by atoms with Gasteiger partial charge < -0.3 is 4.52 Å². The van der Waals surface area contributed by atoms with Gasteiger partial charge in [0, 0.05) is 6.42 Å². The molecule has 0 bridgehead atoms. The number of anilines is 1. The van der Waals surface area contributed by atoms with Crippen LogP contribution in [0.5, 0.6) is 0 Å². The van der Waals surface area contributed by atoms with Crippen molar-refractivity contribution >= 4 is 25.7 Å². The van der Waals surface area contributed by atoms with Gasteiger partial charge in [-0.05, 0) is 31.9 Å². The normalized spacial score (nSPS) is 14.3. The molecule has 0 amide bonds. The predicted octanol–water partition coefficient (Wildman–Crippen LogP) is 3.82. The van der Waals surface area contributed by atoms with Crippen LogP contribution in [0.15, 0.2) is 33.6 Å². The fourth-order valence-electron chi connectivity index (χ4n) is 2.89. The molecule has 1 atom stereocenters. The first-order valence-corrected chi connectivity index (χ1v) is 12.0. The van der Waals surface area contributed by atoms with E-state index in [9.17, 15) is 48.0 Å². The van der Waals surface area contributed by atoms with Crippen LogP contribution in [0, 0.1) is 6.92 Å². The summed E-state index contributed by atoms with van der Waals surface area (Å²) in [6, 6.07) is 3.02. The first-order valence-electron chi connectivity index (χ1n) is 9.10. The highest BCUT2D eigenvalue weighted by Gasteiger charge is 2.62. The lowest BCUT2D eigenvalue weighted by molar-refractivity contribution is -0.0462. The molecule has 0 N–H and O–H groups in total. The Morgan fingerprint density at radius 3 is 1.94 bits per heavy atom. The number of aromatic nitrogens is 1. The number of nitrogens with zero attached hydrogens (tertiary/aromatic N) is 2. The number of rotatable bonds is 7. The van der Waals surface area contributed by atoms with Crippen molar-refractivity contribution in [1.29, 1.82) is 0 Å². The average Bonchev–Trinajstić information content (AvgIpc) is 2.95. The number of alkyl halides is 6. The fourth-order valence-corrected chi connectivity index (χ4v) is 5.68. The quantitative estimate of drug-likeness (QED) is 0.510. The second-order valence-corrected chi connectivity index (χ2v) is 10.7. The van der Waals surface area contributed by atoms with Crippen LogP contribution in [0.25, 0.3) is 0 Å². The maximum absolute atomic E-state index is 13.2. The van der Waals surface area contributed by atoms with Crippen LogP contribution in [0.3, 0.4) is 0 Å². The lowest BCUT2D eigenvalue weighted by Crippen LogP contribution is -2.49. The minimum atomic E-state index is -7.06. The first kappa shape index (κ1) is 26.8. The van der Waals surface area contributed by atoms with Gasteiger partial charge in [-0.3, -0.25) is 0 Å². The van der Waals surface area contributed by atoms with Gasteiger partial charge in [0.25, 0.3) is 0 Å². The van der Waals surface area contributed by atoms with Crippen molar-refractivity contribution in [3.05, 3.63) is 51.5 Å². The van der Waals surface area contributed by atoms with Crippen molar-refractivity contribution in [3.8, 4) is 0 Å². The third kappa shape index (κ3) is 4.76. The van der Waals surface area contributed by atoms with E-state index in [0.717, 1.165) is 18.2 Å². The van der Waals surface area contributed by atoms with Gasteiger partial charge in [0.05, 0.1) is 23.0 Å². The van der Waals surface area contributed by atoms with E-state index in [1.54, 1.807) is 13.8 Å². The zero-order chi connectivity index (χ0) is 25.6. The number of para-hydroxylation sites is 1. The van der Waals surface area contributed by atoms with Gasteiger partial charge >= 0.3 is 36.7 Å². The summed E-state index contributed by atoms with van der Waals surface area (Å²) in [4.78, 5) is 12.3. The Kier molecular flexibility index (Phi) is 7.05. The average molecular weight is 524 g/mol. The number of sulfonamides is 2. The van der Waals surface area contributed by atoms with Crippen molar-refractivity contribution in [2.75, 3.05) is 3.71 Å². The third-order valence-electron chi connectivity index (χ3n) is 4.76. The van der Waals surface area contributed by atoms with Gasteiger partial charge in [-0.25, -0.2) is 9.53 Å². The molecule has 16 heteroatoms. The minimum absolute atomic E-state index is 0.188. The molecule has 0 radical (unpaired) electrons. The van der Waals surface area contributed by atoms with Crippen LogP contribution in [0.1, 0.15) is 43.1 Å². The molecule has 0 saturated heterocycles. The molecular weight excluding hydrogens is 506 g/mol. The third-order valence-corrected chi connectivity index (χ3v) is 8.38. The molecule has 33 heavy (non-hydrogen) atoms. The first-order chi connectivity index (χ1) is 14.9. The molecule has 0 saturated carbocycles. The topological polar surface area (TPSA) is 107 Å². The largest absolute Gasteiger partial charge is 0.517 e. The van der Waals surface area contributed by atoms with Crippen molar-refractivity contribution in [3.63, 3.8) is 0 Å². The highest BCUT2D eigenvalue weighted by molar-refractivity contribution is 8.11. The summed E-state index contributed by atoms with van der Waals surface area (Å²) in [6.45, 7) is 4.86. The van der Waals surface area contributed by atoms with Gasteiger partial charge in [0.2, 0.25) is 0 Å². The van der Waals surface area contributed by atoms with E-state index in [1.165, 1.54) is 11.7 Å². The fraction of sp³-hybridized carbons (Fsp3) is 0.471. The number of halogens is 6. The Balaban J connectivity index is 2.80. The highest BCUT2D eigenvalue weighted by atomic mass is 32.3. The van der Waals surface area contributed by atoms with Crippen molar-refractivity contribution in [1.82, 2.24) is 4.74 Å². The SMILES string of the molecule is CCC(C)n1oc(=O)c(Cc2ccccc2N(S(=O)(=O)C(F)(F)F)S(=O)(=O)C(F)(F)F)c1C. The maximum Gasteiger partial charge on any atom is 0.517 e. The molecule has 2 rings (SSSR count). The summed E-state index contributed by atoms with van der Waals surface area (Å²) < 4.78 is 131. The predicted molar refractivity (Wildman–Crippen MR) is 104 cm³/mol. The van der Waals surface area contributed by atoms with Crippen molar-refractivity contribution < 1.29 is 47.7 Å². The minimum Gasteiger partial charge on any atom is -0.336 e. The zero-order valence-electron chi connectivity index (χ0n) is 17.2. The van der Waals surface area contributed by atoms with E-state index < -0.39 is 58.1 Å². The lowest BCUT2D eigenvalue weighted by atomic mass is 10.0. The van der Waals surface area contributed by atoms with E-state index in [4.69, 9.17) is 4.52 Å². The summed E-state index contributed by atoms with van der Waals surface area (Å²) >= 11 is 0. The molecule has 0 spiro atoms. The molecule has 1 aromatic heterocycles. The Labute approximate surface area is 184 Å². The molecule has 186 valence electrons.